The molecule has 2 aromatic carbocycles. The van der Waals surface area contributed by atoms with E-state index in [0.29, 0.717) is 23.1 Å². The Morgan fingerprint density at radius 2 is 1.33 bits per heavy atom. The molecule has 0 bridgehead atoms. The minimum Gasteiger partial charge on any atom is -0.493 e. The first-order valence-electron chi connectivity index (χ1n) is 18.1. The first kappa shape index (κ1) is 41.3. The third-order valence-corrected chi connectivity index (χ3v) is 8.95. The number of rotatable bonds is 22. The van der Waals surface area contributed by atoms with Crippen molar-refractivity contribution in [3.8, 4) is 5.75 Å². The molecule has 1 heterocycles. The van der Waals surface area contributed by atoms with E-state index in [9.17, 15) is 14.1 Å². The van der Waals surface area contributed by atoms with Crippen molar-refractivity contribution in [3.05, 3.63) is 53.6 Å². The van der Waals surface area contributed by atoms with Crippen LogP contribution in [0.4, 0.5) is 5.69 Å². The van der Waals surface area contributed by atoms with Gasteiger partial charge in [-0.3, -0.25) is 5.43 Å². The van der Waals surface area contributed by atoms with Crippen LogP contribution < -0.4 is 15.0 Å². The van der Waals surface area contributed by atoms with Crippen molar-refractivity contribution >= 4 is 28.5 Å². The fourth-order valence-electron chi connectivity index (χ4n) is 5.37. The summed E-state index contributed by atoms with van der Waals surface area (Å²) in [5, 5.41) is 9.72. The van der Waals surface area contributed by atoms with Crippen molar-refractivity contribution in [1.82, 2.24) is 10.3 Å². The van der Waals surface area contributed by atoms with E-state index in [4.69, 9.17) is 4.74 Å². The molecule has 1 aliphatic rings. The van der Waals surface area contributed by atoms with Crippen LogP contribution >= 0.6 is 0 Å². The molecule has 2 unspecified atom stereocenters. The van der Waals surface area contributed by atoms with E-state index < -0.39 is 17.0 Å². The standard InChI is InChI=1S/C34H51N3O4S.2C2H6/c1-3-4-5-6-7-8-9-10-11-12-13-14-15-16-17-20-25-41-32-24-23-28(26-30(32)34(38)39)42(40)37-36-33-27(2)29-21-18-19-22-31(29)35-33;2*1-2/h18-19,21-24,26-27,37H,3-17,20,25H2,1-2H3,(H,35,36)(H,38,39);2*1-2H3. The molecule has 0 saturated heterocycles. The summed E-state index contributed by atoms with van der Waals surface area (Å²) in [4.78, 5) is 19.5. The zero-order valence-electron chi connectivity index (χ0n) is 29.7. The smallest absolute Gasteiger partial charge is 0.339 e. The molecule has 3 rings (SSSR count). The quantitative estimate of drug-likeness (QED) is 0.0864. The molecule has 3 N–H and O–H groups in total. The van der Waals surface area contributed by atoms with Crippen molar-refractivity contribution in [2.24, 2.45) is 4.99 Å². The van der Waals surface area contributed by atoms with Crippen molar-refractivity contribution in [2.75, 3.05) is 6.61 Å². The van der Waals surface area contributed by atoms with E-state index in [1.54, 1.807) is 12.1 Å². The summed E-state index contributed by atoms with van der Waals surface area (Å²) in [7, 11) is -1.67. The molecule has 0 fully saturated rings. The SMILES string of the molecule is CC.CC.CCCCCCCCCCCCCCCCCCOc1ccc(S(=O)NNC2=Nc3ccccc3C2C)cc1C(=O)O. The monoisotopic (exact) mass is 657 g/mol. The van der Waals surface area contributed by atoms with Crippen molar-refractivity contribution in [1.29, 1.82) is 0 Å². The second kappa shape index (κ2) is 26.4. The van der Waals surface area contributed by atoms with Gasteiger partial charge in [-0.25, -0.2) is 14.0 Å². The first-order chi connectivity index (χ1) is 22.5. The van der Waals surface area contributed by atoms with E-state index in [1.807, 2.05) is 58.9 Å². The molecule has 0 aromatic heterocycles. The number of carbonyl (C=O) groups is 1. The Morgan fingerprint density at radius 3 is 1.85 bits per heavy atom. The number of aromatic carboxylic acids is 1. The molecule has 260 valence electrons. The zero-order valence-corrected chi connectivity index (χ0v) is 30.5. The molecule has 8 heteroatoms. The van der Waals surface area contributed by atoms with Gasteiger partial charge in [0.15, 0.2) is 0 Å². The highest BCUT2D eigenvalue weighted by atomic mass is 32.2. The normalized spacial score (nSPS) is 13.8. The number of hydrogen-bond acceptors (Lipinski definition) is 5. The predicted molar refractivity (Wildman–Crippen MR) is 196 cm³/mol. The number of amidine groups is 1. The van der Waals surface area contributed by atoms with Crippen molar-refractivity contribution in [2.45, 2.75) is 155 Å². The van der Waals surface area contributed by atoms with Crippen LogP contribution in [0.3, 0.4) is 0 Å². The lowest BCUT2D eigenvalue weighted by atomic mass is 10.0. The Balaban J connectivity index is 0.00000254. The molecule has 0 aliphatic carbocycles. The number of nitrogens with one attached hydrogen (secondary N) is 2. The molecule has 0 radical (unpaired) electrons. The largest absolute Gasteiger partial charge is 0.493 e. The van der Waals surface area contributed by atoms with Crippen LogP contribution in [0.25, 0.3) is 0 Å². The number of hydrazine groups is 1. The molecule has 7 nitrogen and oxygen atoms in total. The van der Waals surface area contributed by atoms with Crippen LogP contribution in [-0.4, -0.2) is 27.7 Å². The van der Waals surface area contributed by atoms with Gasteiger partial charge in [-0.2, -0.15) is 0 Å². The van der Waals surface area contributed by atoms with E-state index in [0.717, 1.165) is 24.1 Å². The van der Waals surface area contributed by atoms with Crippen LogP contribution in [0, 0.1) is 0 Å². The maximum atomic E-state index is 12.8. The van der Waals surface area contributed by atoms with Gasteiger partial charge in [0.25, 0.3) is 0 Å². The van der Waals surface area contributed by atoms with Crippen LogP contribution in [0.5, 0.6) is 5.75 Å². The van der Waals surface area contributed by atoms with Crippen LogP contribution in [0.15, 0.2) is 52.4 Å². The van der Waals surface area contributed by atoms with Crippen LogP contribution in [0.1, 0.15) is 166 Å². The number of ether oxygens (including phenoxy) is 1. The van der Waals surface area contributed by atoms with Gasteiger partial charge in [-0.15, -0.1) is 4.83 Å². The number of para-hydroxylation sites is 1. The van der Waals surface area contributed by atoms with Crippen LogP contribution in [-0.2, 0) is 11.0 Å². The van der Waals surface area contributed by atoms with Gasteiger partial charge in [0.05, 0.1) is 17.2 Å². The molecule has 0 amide bonds. The van der Waals surface area contributed by atoms with E-state index in [-0.39, 0.29) is 11.5 Å². The van der Waals surface area contributed by atoms with Gasteiger partial charge in [-0.1, -0.05) is 156 Å². The Kier molecular flexibility index (Phi) is 23.7. The highest BCUT2D eigenvalue weighted by molar-refractivity contribution is 7.83. The number of carboxylic acid groups (broad SMARTS) is 1. The minimum absolute atomic E-state index is 0.0122. The lowest BCUT2D eigenvalue weighted by Crippen LogP contribution is -2.39. The van der Waals surface area contributed by atoms with Gasteiger partial charge < -0.3 is 9.84 Å². The molecule has 46 heavy (non-hydrogen) atoms. The fourth-order valence-corrected chi connectivity index (χ4v) is 6.10. The number of fused-ring (bicyclic) bond motifs is 1. The molecule has 0 spiro atoms. The maximum Gasteiger partial charge on any atom is 0.339 e. The fraction of sp³-hybridized carbons (Fsp3) is 0.632. The average Bonchev–Trinajstić information content (AvgIpc) is 3.41. The highest BCUT2D eigenvalue weighted by Crippen LogP contribution is 2.33. The van der Waals surface area contributed by atoms with Gasteiger partial charge >= 0.3 is 5.97 Å². The second-order valence-electron chi connectivity index (χ2n) is 11.4. The summed E-state index contributed by atoms with van der Waals surface area (Å²) >= 11 is 0. The predicted octanol–water partition coefficient (Wildman–Crippen LogP) is 11.0. The van der Waals surface area contributed by atoms with Gasteiger partial charge in [0, 0.05) is 5.92 Å². The molecule has 2 aromatic rings. The summed E-state index contributed by atoms with van der Waals surface area (Å²) in [5.41, 5.74) is 4.95. The number of nitrogens with zero attached hydrogens (tertiary/aromatic N) is 1. The summed E-state index contributed by atoms with van der Waals surface area (Å²) in [6, 6.07) is 12.5. The maximum absolute atomic E-state index is 12.8. The number of hydrogen-bond donors (Lipinski definition) is 3. The summed E-state index contributed by atoms with van der Waals surface area (Å²) in [6.07, 6.45) is 20.9. The minimum atomic E-state index is -1.67. The first-order valence-corrected chi connectivity index (χ1v) is 19.3. The third kappa shape index (κ3) is 15.7. The Morgan fingerprint density at radius 1 is 0.804 bits per heavy atom. The van der Waals surface area contributed by atoms with Gasteiger partial charge in [0.2, 0.25) is 0 Å². The molecular weight excluding hydrogens is 595 g/mol. The number of unbranched alkanes of at least 4 members (excludes halogenated alkanes) is 15. The zero-order chi connectivity index (χ0) is 34.0. The van der Waals surface area contributed by atoms with Gasteiger partial charge in [-0.05, 0) is 36.2 Å². The summed E-state index contributed by atoms with van der Waals surface area (Å²) in [6.45, 7) is 12.8. The lowest BCUT2D eigenvalue weighted by Gasteiger charge is -2.13. The number of aliphatic imine (C=N–C) groups is 1. The van der Waals surface area contributed by atoms with Crippen molar-refractivity contribution < 1.29 is 18.8 Å². The number of benzene rings is 2. The molecule has 1 aliphatic heterocycles. The Bertz CT molecular complexity index is 1150. The highest BCUT2D eigenvalue weighted by Gasteiger charge is 2.23. The summed E-state index contributed by atoms with van der Waals surface area (Å²) in [5.74, 6) is -0.0863. The van der Waals surface area contributed by atoms with E-state index in [2.05, 4.69) is 22.2 Å². The van der Waals surface area contributed by atoms with E-state index >= 15 is 0 Å². The van der Waals surface area contributed by atoms with Crippen LogP contribution in [0.2, 0.25) is 0 Å². The topological polar surface area (TPSA) is 100 Å². The number of carboxylic acids is 1. The Labute approximate surface area is 283 Å². The third-order valence-electron chi connectivity index (χ3n) is 7.98. The Hall–Kier alpha value is -2.71. The van der Waals surface area contributed by atoms with E-state index in [1.165, 1.54) is 96.0 Å². The lowest BCUT2D eigenvalue weighted by molar-refractivity contribution is 0.0691. The second-order valence-corrected chi connectivity index (χ2v) is 12.6. The van der Waals surface area contributed by atoms with Crippen molar-refractivity contribution in [3.63, 3.8) is 0 Å². The van der Waals surface area contributed by atoms with Gasteiger partial charge in [0.1, 0.15) is 28.1 Å². The molecule has 2 atom stereocenters. The average molecular weight is 658 g/mol. The summed E-state index contributed by atoms with van der Waals surface area (Å²) < 4.78 is 18.7. The molecular formula is C38H63N3O4S. The molecule has 0 saturated carbocycles.